The van der Waals surface area contributed by atoms with E-state index < -0.39 is 11.5 Å². The molecule has 0 saturated carbocycles. The molecule has 82 valence electrons. The smallest absolute Gasteiger partial charge is 0.251 e. The van der Waals surface area contributed by atoms with Gasteiger partial charge in [-0.2, -0.15) is 0 Å². The maximum absolute atomic E-state index is 11.5. The Hall–Kier alpha value is -1.82. The topological polar surface area (TPSA) is 108 Å². The number of carbonyl (C=O) groups excluding carboxylic acids is 1. The van der Waals surface area contributed by atoms with Crippen LogP contribution in [0, 0.1) is 0 Å². The van der Waals surface area contributed by atoms with Crippen molar-refractivity contribution in [3.05, 3.63) is 28.0 Å². The van der Waals surface area contributed by atoms with Crippen molar-refractivity contribution < 1.29 is 9.90 Å². The number of pyridine rings is 1. The van der Waals surface area contributed by atoms with Crippen molar-refractivity contribution in [2.75, 3.05) is 6.54 Å². The zero-order chi connectivity index (χ0) is 11.4. The number of hydrogen-bond acceptors (Lipinski definition) is 4. The van der Waals surface area contributed by atoms with E-state index in [0.29, 0.717) is 6.54 Å². The van der Waals surface area contributed by atoms with Crippen molar-refractivity contribution in [2.45, 2.75) is 13.0 Å². The van der Waals surface area contributed by atoms with Gasteiger partial charge in [0.05, 0.1) is 5.56 Å². The number of aromatic nitrogens is 1. The summed E-state index contributed by atoms with van der Waals surface area (Å²) < 4.78 is 0. The molecule has 0 bridgehead atoms. The van der Waals surface area contributed by atoms with E-state index >= 15 is 0 Å². The number of aromatic hydroxyl groups is 1. The van der Waals surface area contributed by atoms with Gasteiger partial charge >= 0.3 is 0 Å². The molecule has 0 aromatic carbocycles. The molecule has 1 unspecified atom stereocenters. The Morgan fingerprint density at radius 3 is 2.87 bits per heavy atom. The van der Waals surface area contributed by atoms with Crippen molar-refractivity contribution in [1.29, 1.82) is 0 Å². The Kier molecular flexibility index (Phi) is 3.46. The second-order valence-electron chi connectivity index (χ2n) is 3.23. The monoisotopic (exact) mass is 211 g/mol. The molecule has 1 aromatic heterocycles. The highest BCUT2D eigenvalue weighted by Crippen LogP contribution is 2.03. The van der Waals surface area contributed by atoms with E-state index in [9.17, 15) is 9.59 Å². The standard InChI is InChI=1S/C9H13N3O3/c1-5(4-10)11-9(15)6-2-7(13)12-8(14)3-6/h2-3,5H,4,10H2,1H3,(H,11,15)(H2,12,13,14). The van der Waals surface area contributed by atoms with E-state index in [0.717, 1.165) is 6.07 Å². The summed E-state index contributed by atoms with van der Waals surface area (Å²) in [5, 5.41) is 11.6. The van der Waals surface area contributed by atoms with Gasteiger partial charge in [0.15, 0.2) is 5.88 Å². The predicted octanol–water partition coefficient (Wildman–Crippen LogP) is -0.843. The lowest BCUT2D eigenvalue weighted by atomic mass is 10.2. The van der Waals surface area contributed by atoms with Gasteiger partial charge in [-0.25, -0.2) is 0 Å². The second kappa shape index (κ2) is 4.61. The number of nitrogens with two attached hydrogens (primary N) is 1. The molecule has 6 heteroatoms. The number of hydrogen-bond donors (Lipinski definition) is 4. The molecular formula is C9H13N3O3. The lowest BCUT2D eigenvalue weighted by molar-refractivity contribution is 0.0940. The number of carbonyl (C=O) groups is 1. The maximum atomic E-state index is 11.5. The Bertz CT molecular complexity index is 413. The fourth-order valence-electron chi connectivity index (χ4n) is 1.03. The summed E-state index contributed by atoms with van der Waals surface area (Å²) in [6.07, 6.45) is 0. The molecule has 5 N–H and O–H groups in total. The molecule has 1 atom stereocenters. The highest BCUT2D eigenvalue weighted by molar-refractivity contribution is 5.94. The third kappa shape index (κ3) is 3.10. The van der Waals surface area contributed by atoms with Gasteiger partial charge in [-0.1, -0.05) is 0 Å². The van der Waals surface area contributed by atoms with Crippen LogP contribution in [0.4, 0.5) is 0 Å². The average molecular weight is 211 g/mol. The molecule has 1 rings (SSSR count). The number of aromatic amines is 1. The minimum Gasteiger partial charge on any atom is -0.494 e. The summed E-state index contributed by atoms with van der Waals surface area (Å²) in [4.78, 5) is 24.6. The van der Waals surface area contributed by atoms with E-state index in [-0.39, 0.29) is 17.5 Å². The van der Waals surface area contributed by atoms with Crippen LogP contribution in [0.1, 0.15) is 17.3 Å². The number of H-pyrrole nitrogens is 1. The Morgan fingerprint density at radius 2 is 2.33 bits per heavy atom. The fraction of sp³-hybridized carbons (Fsp3) is 0.333. The zero-order valence-electron chi connectivity index (χ0n) is 8.28. The maximum Gasteiger partial charge on any atom is 0.251 e. The lowest BCUT2D eigenvalue weighted by Crippen LogP contribution is -2.38. The summed E-state index contributed by atoms with van der Waals surface area (Å²) in [6.45, 7) is 2.05. The van der Waals surface area contributed by atoms with E-state index in [1.807, 2.05) is 0 Å². The Labute approximate surface area is 86.1 Å². The van der Waals surface area contributed by atoms with E-state index in [1.165, 1.54) is 6.07 Å². The molecule has 0 radical (unpaired) electrons. The Balaban J connectivity index is 2.87. The van der Waals surface area contributed by atoms with Crippen molar-refractivity contribution in [3.63, 3.8) is 0 Å². The lowest BCUT2D eigenvalue weighted by Gasteiger charge is -2.10. The van der Waals surface area contributed by atoms with Crippen LogP contribution in [0.5, 0.6) is 5.88 Å². The molecule has 0 saturated heterocycles. The normalized spacial score (nSPS) is 12.1. The van der Waals surface area contributed by atoms with Crippen LogP contribution in [0.25, 0.3) is 0 Å². The first kappa shape index (κ1) is 11.3. The third-order valence-corrected chi connectivity index (χ3v) is 1.82. The molecule has 0 aliphatic carbocycles. The zero-order valence-corrected chi connectivity index (χ0v) is 8.28. The third-order valence-electron chi connectivity index (χ3n) is 1.82. The minimum absolute atomic E-state index is 0.108. The van der Waals surface area contributed by atoms with Crippen LogP contribution >= 0.6 is 0 Å². The van der Waals surface area contributed by atoms with Crippen molar-refractivity contribution in [1.82, 2.24) is 10.3 Å². The average Bonchev–Trinajstić information content (AvgIpc) is 2.16. The minimum atomic E-state index is -0.527. The summed E-state index contributed by atoms with van der Waals surface area (Å²) in [6, 6.07) is 2.11. The van der Waals surface area contributed by atoms with Crippen LogP contribution in [0.15, 0.2) is 16.9 Å². The van der Waals surface area contributed by atoms with E-state index in [2.05, 4.69) is 10.3 Å². The van der Waals surface area contributed by atoms with Gasteiger partial charge in [0.1, 0.15) is 0 Å². The predicted molar refractivity (Wildman–Crippen MR) is 54.7 cm³/mol. The molecular weight excluding hydrogens is 198 g/mol. The Morgan fingerprint density at radius 1 is 1.67 bits per heavy atom. The molecule has 15 heavy (non-hydrogen) atoms. The van der Waals surface area contributed by atoms with Gasteiger partial charge in [-0.15, -0.1) is 0 Å². The van der Waals surface area contributed by atoms with Gasteiger partial charge in [-0.05, 0) is 6.92 Å². The molecule has 0 spiro atoms. The van der Waals surface area contributed by atoms with Crippen LogP contribution in [-0.4, -0.2) is 28.6 Å². The van der Waals surface area contributed by atoms with Crippen molar-refractivity contribution in [2.24, 2.45) is 5.73 Å². The molecule has 0 fully saturated rings. The first-order valence-electron chi connectivity index (χ1n) is 4.47. The first-order valence-corrected chi connectivity index (χ1v) is 4.47. The molecule has 1 heterocycles. The van der Waals surface area contributed by atoms with Crippen LogP contribution in [-0.2, 0) is 0 Å². The first-order chi connectivity index (χ1) is 7.02. The van der Waals surface area contributed by atoms with Crippen molar-refractivity contribution >= 4 is 5.91 Å². The van der Waals surface area contributed by atoms with Crippen molar-refractivity contribution in [3.8, 4) is 5.88 Å². The fourth-order valence-corrected chi connectivity index (χ4v) is 1.03. The van der Waals surface area contributed by atoms with Gasteiger partial charge in [0.2, 0.25) is 0 Å². The number of amides is 1. The molecule has 0 aliphatic heterocycles. The highest BCUT2D eigenvalue weighted by Gasteiger charge is 2.10. The largest absolute Gasteiger partial charge is 0.494 e. The van der Waals surface area contributed by atoms with Crippen LogP contribution in [0.2, 0.25) is 0 Å². The van der Waals surface area contributed by atoms with Gasteiger partial charge < -0.3 is 16.2 Å². The van der Waals surface area contributed by atoms with E-state index in [1.54, 1.807) is 6.92 Å². The highest BCUT2D eigenvalue weighted by atomic mass is 16.3. The molecule has 6 nitrogen and oxygen atoms in total. The van der Waals surface area contributed by atoms with Crippen LogP contribution < -0.4 is 16.6 Å². The number of nitrogens with one attached hydrogen (secondary N) is 2. The molecule has 1 aromatic rings. The summed E-state index contributed by atoms with van der Waals surface area (Å²) >= 11 is 0. The summed E-state index contributed by atoms with van der Waals surface area (Å²) in [7, 11) is 0. The van der Waals surface area contributed by atoms with Gasteiger partial charge in [0, 0.05) is 24.7 Å². The number of rotatable bonds is 3. The SMILES string of the molecule is CC(CN)NC(=O)c1cc(O)[nH]c(=O)c1. The van der Waals surface area contributed by atoms with Gasteiger partial charge in [-0.3, -0.25) is 14.6 Å². The summed E-state index contributed by atoms with van der Waals surface area (Å²) in [5.74, 6) is -0.776. The quantitative estimate of drug-likeness (QED) is 0.522. The van der Waals surface area contributed by atoms with Crippen LogP contribution in [0.3, 0.4) is 0 Å². The van der Waals surface area contributed by atoms with Gasteiger partial charge in [0.25, 0.3) is 11.5 Å². The molecule has 0 aliphatic rings. The summed E-state index contributed by atoms with van der Waals surface area (Å²) in [5.41, 5.74) is 4.91. The molecule has 1 amide bonds. The van der Waals surface area contributed by atoms with E-state index in [4.69, 9.17) is 10.8 Å². The second-order valence-corrected chi connectivity index (χ2v) is 3.23.